The molecule has 0 atom stereocenters. The van der Waals surface area contributed by atoms with E-state index >= 15 is 0 Å². The van der Waals surface area contributed by atoms with Crippen molar-refractivity contribution in [2.45, 2.75) is 19.4 Å². The molecular weight excluding hydrogens is 354 g/mol. The Hall–Kier alpha value is -3.81. The number of pyridine rings is 1. The largest absolute Gasteiger partial charge is 0.365 e. The molecular formula is C20H19N7O. The average molecular weight is 373 g/mol. The number of aryl methyl sites for hydroxylation is 1. The normalized spacial score (nSPS) is 10.7. The van der Waals surface area contributed by atoms with Gasteiger partial charge in [0.15, 0.2) is 11.5 Å². The van der Waals surface area contributed by atoms with Gasteiger partial charge in [0.05, 0.1) is 0 Å². The molecule has 0 aliphatic heterocycles. The van der Waals surface area contributed by atoms with Gasteiger partial charge in [-0.05, 0) is 29.8 Å². The van der Waals surface area contributed by atoms with Crippen molar-refractivity contribution < 1.29 is 4.79 Å². The van der Waals surface area contributed by atoms with Gasteiger partial charge in [-0.3, -0.25) is 4.79 Å². The predicted octanol–water partition coefficient (Wildman–Crippen LogP) is 2.70. The van der Waals surface area contributed by atoms with Gasteiger partial charge in [0.1, 0.15) is 11.6 Å². The summed E-state index contributed by atoms with van der Waals surface area (Å²) in [4.78, 5) is 16.2. The molecule has 1 aromatic carbocycles. The Kier molecular flexibility index (Phi) is 5.19. The number of hydrogen-bond acceptors (Lipinski definition) is 6. The van der Waals surface area contributed by atoms with Crippen LogP contribution >= 0.6 is 0 Å². The van der Waals surface area contributed by atoms with E-state index in [2.05, 4.69) is 43.0 Å². The summed E-state index contributed by atoms with van der Waals surface area (Å²) in [5.41, 5.74) is 1.81. The zero-order valence-corrected chi connectivity index (χ0v) is 15.1. The highest BCUT2D eigenvalue weighted by atomic mass is 16.1. The van der Waals surface area contributed by atoms with Gasteiger partial charge in [0.2, 0.25) is 5.91 Å². The van der Waals surface area contributed by atoms with Crippen molar-refractivity contribution in [3.8, 4) is 0 Å². The summed E-state index contributed by atoms with van der Waals surface area (Å²) in [6, 6.07) is 19.2. The molecule has 3 heterocycles. The number of amides is 1. The fraction of sp³-hybridized carbons (Fsp3) is 0.150. The number of benzene rings is 1. The lowest BCUT2D eigenvalue weighted by Crippen LogP contribution is -2.14. The van der Waals surface area contributed by atoms with Gasteiger partial charge >= 0.3 is 0 Å². The molecule has 28 heavy (non-hydrogen) atoms. The van der Waals surface area contributed by atoms with E-state index in [1.54, 1.807) is 22.8 Å². The molecule has 0 radical (unpaired) electrons. The van der Waals surface area contributed by atoms with Crippen LogP contribution < -0.4 is 10.6 Å². The molecule has 4 rings (SSSR count). The van der Waals surface area contributed by atoms with Crippen LogP contribution in [0.3, 0.4) is 0 Å². The minimum Gasteiger partial charge on any atom is -0.365 e. The summed E-state index contributed by atoms with van der Waals surface area (Å²) in [7, 11) is 0. The average Bonchev–Trinajstić information content (AvgIpc) is 3.14. The summed E-state index contributed by atoms with van der Waals surface area (Å²) in [6.45, 7) is 0.670. The Labute approximate surface area is 161 Å². The van der Waals surface area contributed by atoms with Gasteiger partial charge < -0.3 is 10.6 Å². The highest BCUT2D eigenvalue weighted by Gasteiger charge is 2.11. The van der Waals surface area contributed by atoms with Crippen molar-refractivity contribution in [1.82, 2.24) is 24.8 Å². The van der Waals surface area contributed by atoms with E-state index in [0.717, 1.165) is 5.82 Å². The number of aromatic nitrogens is 5. The molecule has 4 aromatic rings. The van der Waals surface area contributed by atoms with Crippen LogP contribution in [0, 0.1) is 0 Å². The Balaban J connectivity index is 1.40. The molecule has 0 fully saturated rings. The number of rotatable bonds is 7. The number of carbonyl (C=O) groups is 1. The minimum atomic E-state index is -0.131. The van der Waals surface area contributed by atoms with E-state index in [4.69, 9.17) is 0 Å². The van der Waals surface area contributed by atoms with Crippen molar-refractivity contribution in [2.24, 2.45) is 0 Å². The minimum absolute atomic E-state index is 0.131. The molecule has 2 N–H and O–H groups in total. The Morgan fingerprint density at radius 3 is 2.61 bits per heavy atom. The Bertz CT molecular complexity index is 1060. The third-order valence-corrected chi connectivity index (χ3v) is 4.15. The van der Waals surface area contributed by atoms with Crippen molar-refractivity contribution in [2.75, 3.05) is 10.6 Å². The summed E-state index contributed by atoms with van der Waals surface area (Å²) in [5.74, 6) is 1.75. The number of fused-ring (bicyclic) bond motifs is 1. The molecule has 0 bridgehead atoms. The second kappa shape index (κ2) is 8.26. The maximum absolute atomic E-state index is 12.1. The first-order chi connectivity index (χ1) is 13.8. The van der Waals surface area contributed by atoms with Crippen molar-refractivity contribution >= 4 is 23.2 Å². The molecule has 0 saturated carbocycles. The van der Waals surface area contributed by atoms with Crippen molar-refractivity contribution in [3.05, 3.63) is 78.2 Å². The summed E-state index contributed by atoms with van der Waals surface area (Å²) in [5, 5.41) is 18.9. The molecule has 8 nitrogen and oxygen atoms in total. The quantitative estimate of drug-likeness (QED) is 0.517. The standard InChI is InChI=1S/C20H19N7O/c28-20(23-16-8-4-5-13-21-16)12-11-19-25-24-18-10-9-17(26-27(18)19)22-14-15-6-2-1-3-7-15/h1-10,13H,11-12,14H2,(H,22,26)(H,21,23,28). The number of nitrogens with one attached hydrogen (secondary N) is 2. The molecule has 0 spiro atoms. The SMILES string of the molecule is O=C(CCc1nnc2ccc(NCc3ccccc3)nn12)Nc1ccccn1. The smallest absolute Gasteiger partial charge is 0.225 e. The fourth-order valence-electron chi connectivity index (χ4n) is 2.74. The number of carbonyl (C=O) groups excluding carboxylic acids is 1. The lowest BCUT2D eigenvalue weighted by Gasteiger charge is -2.07. The summed E-state index contributed by atoms with van der Waals surface area (Å²) >= 11 is 0. The number of nitrogens with zero attached hydrogens (tertiary/aromatic N) is 5. The highest BCUT2D eigenvalue weighted by molar-refractivity contribution is 5.89. The van der Waals surface area contributed by atoms with E-state index in [-0.39, 0.29) is 12.3 Å². The second-order valence-electron chi connectivity index (χ2n) is 6.21. The molecule has 140 valence electrons. The van der Waals surface area contributed by atoms with Crippen LogP contribution in [0.15, 0.2) is 66.9 Å². The number of hydrogen-bond donors (Lipinski definition) is 2. The van der Waals surface area contributed by atoms with Crippen LogP contribution in [0.4, 0.5) is 11.6 Å². The van der Waals surface area contributed by atoms with Gasteiger partial charge in [0, 0.05) is 25.6 Å². The maximum atomic E-state index is 12.1. The monoisotopic (exact) mass is 373 g/mol. The molecule has 0 aliphatic rings. The van der Waals surface area contributed by atoms with Crippen LogP contribution in [0.2, 0.25) is 0 Å². The topological polar surface area (TPSA) is 97.1 Å². The lowest BCUT2D eigenvalue weighted by atomic mass is 10.2. The Morgan fingerprint density at radius 2 is 1.79 bits per heavy atom. The Morgan fingerprint density at radius 1 is 0.929 bits per heavy atom. The van der Waals surface area contributed by atoms with Gasteiger partial charge in [-0.1, -0.05) is 36.4 Å². The number of anilines is 2. The summed E-state index contributed by atoms with van der Waals surface area (Å²) < 4.78 is 1.67. The van der Waals surface area contributed by atoms with E-state index < -0.39 is 0 Å². The first kappa shape index (κ1) is 17.6. The molecule has 1 amide bonds. The maximum Gasteiger partial charge on any atom is 0.225 e. The van der Waals surface area contributed by atoms with Crippen LogP contribution in [0.1, 0.15) is 17.8 Å². The van der Waals surface area contributed by atoms with Gasteiger partial charge in [-0.25, -0.2) is 4.98 Å². The van der Waals surface area contributed by atoms with Crippen LogP contribution in [0.5, 0.6) is 0 Å². The highest BCUT2D eigenvalue weighted by Crippen LogP contribution is 2.11. The van der Waals surface area contributed by atoms with E-state index in [9.17, 15) is 4.79 Å². The fourth-order valence-corrected chi connectivity index (χ4v) is 2.74. The van der Waals surface area contributed by atoms with Crippen molar-refractivity contribution in [1.29, 1.82) is 0 Å². The zero-order valence-electron chi connectivity index (χ0n) is 15.1. The first-order valence-electron chi connectivity index (χ1n) is 8.98. The third kappa shape index (κ3) is 4.29. The van der Waals surface area contributed by atoms with Crippen LogP contribution in [-0.4, -0.2) is 30.7 Å². The van der Waals surface area contributed by atoms with Gasteiger partial charge in [0.25, 0.3) is 0 Å². The molecule has 3 aromatic heterocycles. The van der Waals surface area contributed by atoms with Crippen molar-refractivity contribution in [3.63, 3.8) is 0 Å². The lowest BCUT2D eigenvalue weighted by molar-refractivity contribution is -0.116. The van der Waals surface area contributed by atoms with Gasteiger partial charge in [-0.15, -0.1) is 15.3 Å². The first-order valence-corrected chi connectivity index (χ1v) is 8.98. The van der Waals surface area contributed by atoms with Crippen LogP contribution in [0.25, 0.3) is 5.65 Å². The van der Waals surface area contributed by atoms with E-state index in [1.165, 1.54) is 5.56 Å². The van der Waals surface area contributed by atoms with Crippen LogP contribution in [-0.2, 0) is 17.8 Å². The molecule has 0 aliphatic carbocycles. The second-order valence-corrected chi connectivity index (χ2v) is 6.21. The molecule has 0 saturated heterocycles. The molecule has 8 heteroatoms. The van der Waals surface area contributed by atoms with E-state index in [0.29, 0.717) is 30.3 Å². The zero-order chi connectivity index (χ0) is 19.2. The molecule has 0 unspecified atom stereocenters. The summed E-state index contributed by atoms with van der Waals surface area (Å²) in [6.07, 6.45) is 2.32. The van der Waals surface area contributed by atoms with E-state index in [1.807, 2.05) is 36.4 Å². The third-order valence-electron chi connectivity index (χ3n) is 4.15. The predicted molar refractivity (Wildman–Crippen MR) is 106 cm³/mol. The van der Waals surface area contributed by atoms with Gasteiger partial charge in [-0.2, -0.15) is 4.52 Å².